The first-order valence-corrected chi connectivity index (χ1v) is 20.9. The summed E-state index contributed by atoms with van der Waals surface area (Å²) in [5.41, 5.74) is 1.38. The molecule has 0 heterocycles. The molecule has 0 aliphatic carbocycles. The molecule has 0 spiro atoms. The number of unbranched alkanes of at least 4 members (excludes halogenated alkanes) is 4. The van der Waals surface area contributed by atoms with Crippen molar-refractivity contribution in [3.63, 3.8) is 0 Å². The molecule has 0 bridgehead atoms. The molecule has 1 rings (SSSR count). The van der Waals surface area contributed by atoms with Gasteiger partial charge in [0, 0.05) is 0 Å². The van der Waals surface area contributed by atoms with Crippen molar-refractivity contribution < 1.29 is 23.8 Å². The molecule has 0 atom stereocenters. The van der Waals surface area contributed by atoms with Crippen molar-refractivity contribution in [2.24, 2.45) is 0 Å². The fourth-order valence-electron chi connectivity index (χ4n) is 4.78. The zero-order valence-corrected chi connectivity index (χ0v) is 26.2. The zero-order valence-electron chi connectivity index (χ0n) is 22.6. The van der Waals surface area contributed by atoms with Crippen molar-refractivity contribution in [1.29, 1.82) is 0 Å². The fraction of sp³-hybridized carbons (Fsp3) is 0.643. The third-order valence-corrected chi connectivity index (χ3v) is 22.9. The van der Waals surface area contributed by atoms with Gasteiger partial charge >= 0.3 is 223 Å². The third-order valence-electron chi connectivity index (χ3n) is 6.72. The van der Waals surface area contributed by atoms with E-state index in [0.29, 0.717) is 22.8 Å². The predicted molar refractivity (Wildman–Crippen MR) is 148 cm³/mol. The summed E-state index contributed by atoms with van der Waals surface area (Å²) < 4.78 is 20.6. The fourth-order valence-corrected chi connectivity index (χ4v) is 22.2. The average Bonchev–Trinajstić information content (AvgIpc) is 2.87. The van der Waals surface area contributed by atoms with Gasteiger partial charge in [-0.15, -0.1) is 0 Å². The Labute approximate surface area is 221 Å². The van der Waals surface area contributed by atoms with Crippen LogP contribution < -0.4 is 4.74 Å². The minimum absolute atomic E-state index is 0.182. The Morgan fingerprint density at radius 2 is 1.46 bits per heavy atom. The van der Waals surface area contributed by atoms with Crippen LogP contribution >= 0.6 is 11.6 Å². The van der Waals surface area contributed by atoms with Gasteiger partial charge in [-0.3, -0.25) is 0 Å². The first-order valence-electron chi connectivity index (χ1n) is 13.1. The van der Waals surface area contributed by atoms with Crippen LogP contribution in [0.5, 0.6) is 5.75 Å². The van der Waals surface area contributed by atoms with E-state index in [9.17, 15) is 9.59 Å². The van der Waals surface area contributed by atoms with E-state index in [4.69, 9.17) is 25.8 Å². The van der Waals surface area contributed by atoms with Crippen LogP contribution in [0.3, 0.4) is 0 Å². The van der Waals surface area contributed by atoms with Crippen LogP contribution in [0.2, 0.25) is 18.3 Å². The van der Waals surface area contributed by atoms with Gasteiger partial charge in [0.25, 0.3) is 0 Å². The summed E-state index contributed by atoms with van der Waals surface area (Å²) in [6.07, 6.45) is 11.5. The summed E-state index contributed by atoms with van der Waals surface area (Å²) in [6, 6.07) is 3.88. The van der Waals surface area contributed by atoms with E-state index in [-0.39, 0.29) is 5.97 Å². The van der Waals surface area contributed by atoms with Crippen molar-refractivity contribution in [3.8, 4) is 5.75 Å². The Kier molecular flexibility index (Phi) is 15.7. The molecule has 0 aliphatic heterocycles. The number of rotatable bonds is 17. The number of benzene rings is 1. The van der Waals surface area contributed by atoms with Crippen molar-refractivity contribution >= 4 is 45.5 Å². The second-order valence-corrected chi connectivity index (χ2v) is 22.7. The summed E-state index contributed by atoms with van der Waals surface area (Å²) in [4.78, 5) is 24.3. The molecule has 198 valence electrons. The van der Waals surface area contributed by atoms with Crippen molar-refractivity contribution in [1.82, 2.24) is 0 Å². The topological polar surface area (TPSA) is 61.8 Å². The number of carbonyl (C=O) groups excluding carboxylic acids is 2. The summed E-state index contributed by atoms with van der Waals surface area (Å²) in [6.45, 7) is 6.78. The number of hydrogen-bond acceptors (Lipinski definition) is 5. The molecule has 1 aromatic rings. The molecule has 0 fully saturated rings. The molecule has 0 aromatic heterocycles. The summed E-state index contributed by atoms with van der Waals surface area (Å²) in [5, 5.41) is 0.424. The van der Waals surface area contributed by atoms with Gasteiger partial charge < -0.3 is 0 Å². The molecule has 1 aromatic carbocycles. The Hall–Kier alpha value is -1.21. The molecule has 0 unspecified atom stereocenters. The van der Waals surface area contributed by atoms with Crippen LogP contribution in [0.1, 0.15) is 94.5 Å². The van der Waals surface area contributed by atoms with Gasteiger partial charge in [-0.2, -0.15) is 0 Å². The monoisotopic (exact) mass is 616 g/mol. The van der Waals surface area contributed by atoms with E-state index in [1.54, 1.807) is 0 Å². The molecular formula is C28H45ClO5Sn. The van der Waals surface area contributed by atoms with Gasteiger partial charge in [0.15, 0.2) is 0 Å². The van der Waals surface area contributed by atoms with Crippen LogP contribution in [-0.2, 0) is 14.3 Å². The van der Waals surface area contributed by atoms with Crippen LogP contribution in [0.4, 0.5) is 0 Å². The quantitative estimate of drug-likeness (QED) is 0.100. The molecule has 0 saturated heterocycles. The Balaban J connectivity index is 3.73. The SMILES string of the molecule is CCC[CH2][Sn]([CH2]CCC)([CH2]CCC)/[C](=C/CCCC(=O)OC)c1cc(Cl)c(OC)c(C(=O)OC)c1. The molecule has 0 saturated carbocycles. The molecule has 35 heavy (non-hydrogen) atoms. The zero-order chi connectivity index (χ0) is 26.3. The molecular weight excluding hydrogens is 570 g/mol. The van der Waals surface area contributed by atoms with Crippen LogP contribution in [0, 0.1) is 0 Å². The standard InChI is InChI=1S/C16H18ClO5.3C4H9.Sn/c1-20-14(18)8-6-4-5-7-11-9-12(16(19)22-3)15(21-2)13(17)10-11;3*1-3-4-2;/h5,9-10H,4,6,8H2,1-3H3;3*1,3-4H2,2H3;. The summed E-state index contributed by atoms with van der Waals surface area (Å²) >= 11 is 3.75. The van der Waals surface area contributed by atoms with Crippen LogP contribution in [0.25, 0.3) is 3.59 Å². The van der Waals surface area contributed by atoms with Gasteiger partial charge in [0.2, 0.25) is 0 Å². The molecule has 0 aliphatic rings. The summed E-state index contributed by atoms with van der Waals surface area (Å²) in [5.74, 6) is -0.283. The third kappa shape index (κ3) is 9.64. The number of ether oxygens (including phenoxy) is 3. The van der Waals surface area contributed by atoms with Gasteiger partial charge in [0.1, 0.15) is 0 Å². The van der Waals surface area contributed by atoms with Gasteiger partial charge in [-0.1, -0.05) is 0 Å². The van der Waals surface area contributed by atoms with E-state index < -0.39 is 24.3 Å². The van der Waals surface area contributed by atoms with E-state index in [2.05, 4.69) is 26.8 Å². The number of halogens is 1. The number of allylic oxidation sites excluding steroid dienone is 1. The first-order chi connectivity index (χ1) is 16.8. The molecule has 0 amide bonds. The molecule has 5 nitrogen and oxygen atoms in total. The normalized spacial score (nSPS) is 11.9. The molecule has 7 heteroatoms. The Morgan fingerprint density at radius 3 is 1.91 bits per heavy atom. The number of esters is 2. The number of methoxy groups -OCH3 is 3. The van der Waals surface area contributed by atoms with Crippen LogP contribution in [-0.4, -0.2) is 51.6 Å². The molecule has 0 N–H and O–H groups in total. The van der Waals surface area contributed by atoms with Gasteiger partial charge in [-0.25, -0.2) is 0 Å². The van der Waals surface area contributed by atoms with E-state index in [0.717, 1.165) is 18.4 Å². The van der Waals surface area contributed by atoms with Crippen molar-refractivity contribution in [2.45, 2.75) is 91.9 Å². The van der Waals surface area contributed by atoms with Crippen molar-refractivity contribution in [3.05, 3.63) is 34.4 Å². The first kappa shape index (κ1) is 31.8. The van der Waals surface area contributed by atoms with Crippen LogP contribution in [0.15, 0.2) is 18.2 Å². The molecule has 0 radical (unpaired) electrons. The second kappa shape index (κ2) is 17.3. The minimum atomic E-state index is -2.92. The van der Waals surface area contributed by atoms with E-state index in [1.165, 1.54) is 76.8 Å². The predicted octanol–water partition coefficient (Wildman–Crippen LogP) is 8.25. The van der Waals surface area contributed by atoms with Gasteiger partial charge in [0.05, 0.1) is 0 Å². The Morgan fingerprint density at radius 1 is 0.886 bits per heavy atom. The number of carbonyl (C=O) groups is 2. The van der Waals surface area contributed by atoms with Crippen molar-refractivity contribution in [2.75, 3.05) is 21.3 Å². The summed E-state index contributed by atoms with van der Waals surface area (Å²) in [7, 11) is 4.32. The number of hydrogen-bond donors (Lipinski definition) is 0. The average molecular weight is 616 g/mol. The maximum atomic E-state index is 12.6. The Bertz CT molecular complexity index is 815. The van der Waals surface area contributed by atoms with E-state index in [1.807, 2.05) is 12.1 Å². The maximum absolute atomic E-state index is 12.6. The second-order valence-electron chi connectivity index (χ2n) is 9.21. The van der Waals surface area contributed by atoms with Gasteiger partial charge in [-0.05, 0) is 0 Å². The van der Waals surface area contributed by atoms with E-state index >= 15 is 0 Å².